The molecule has 0 fully saturated rings. The van der Waals surface area contributed by atoms with Crippen LogP contribution in [0.15, 0.2) is 63.6 Å². The Kier molecular flexibility index (Phi) is 5.15. The van der Waals surface area contributed by atoms with Crippen LogP contribution >= 0.6 is 22.9 Å². The van der Waals surface area contributed by atoms with Crippen LogP contribution in [-0.2, 0) is 4.79 Å². The number of hydrazone groups is 1. The van der Waals surface area contributed by atoms with Gasteiger partial charge in [-0.2, -0.15) is 10.4 Å². The van der Waals surface area contributed by atoms with Crippen LogP contribution in [0.4, 0.5) is 0 Å². The van der Waals surface area contributed by atoms with Crippen LogP contribution in [0.2, 0.25) is 5.02 Å². The fourth-order valence-corrected chi connectivity index (χ4v) is 3.88. The topological polar surface area (TPSA) is 78.8 Å². The van der Waals surface area contributed by atoms with E-state index in [1.807, 2.05) is 29.6 Å². The number of thiophene rings is 1. The molecule has 0 radical (unpaired) electrons. The third-order valence-corrected chi connectivity index (χ3v) is 5.47. The van der Waals surface area contributed by atoms with Crippen molar-refractivity contribution in [2.75, 3.05) is 6.61 Å². The van der Waals surface area contributed by atoms with Gasteiger partial charge in [-0.1, -0.05) is 17.7 Å². The van der Waals surface area contributed by atoms with Gasteiger partial charge in [0.15, 0.2) is 6.61 Å². The van der Waals surface area contributed by atoms with Crippen molar-refractivity contribution in [3.8, 4) is 11.8 Å². The molecule has 0 N–H and O–H groups in total. The second-order valence-electron chi connectivity index (χ2n) is 6.04. The van der Waals surface area contributed by atoms with Gasteiger partial charge in [0, 0.05) is 6.42 Å². The van der Waals surface area contributed by atoms with Gasteiger partial charge in [0.25, 0.3) is 5.91 Å². The molecule has 0 unspecified atom stereocenters. The predicted octanol–water partition coefficient (Wildman–Crippen LogP) is 4.62. The van der Waals surface area contributed by atoms with Gasteiger partial charge in [-0.05, 0) is 41.8 Å². The molecule has 140 valence electrons. The Labute approximate surface area is 170 Å². The standard InChI is InChI=1S/C20H14ClN3O3S/c21-14-9-13(11-22)5-6-17(14)27-12-20(25)24-16(18-3-1-7-26-18)10-15(23-24)19-4-2-8-28-19/h1-9,16H,10,12H2/t16-/m1/s1. The maximum absolute atomic E-state index is 12.8. The smallest absolute Gasteiger partial charge is 0.281 e. The average Bonchev–Trinajstić information content (AvgIpc) is 3.47. The summed E-state index contributed by atoms with van der Waals surface area (Å²) in [6.07, 6.45) is 2.14. The maximum atomic E-state index is 12.8. The summed E-state index contributed by atoms with van der Waals surface area (Å²) in [7, 11) is 0. The highest BCUT2D eigenvalue weighted by Crippen LogP contribution is 2.34. The number of hydrogen-bond donors (Lipinski definition) is 0. The SMILES string of the molecule is N#Cc1ccc(OCC(=O)N2N=C(c3cccs3)C[C@@H]2c2ccco2)c(Cl)c1. The van der Waals surface area contributed by atoms with Crippen molar-refractivity contribution in [2.24, 2.45) is 5.10 Å². The summed E-state index contributed by atoms with van der Waals surface area (Å²) in [4.78, 5) is 13.9. The molecule has 3 aromatic rings. The molecule has 2 aromatic heterocycles. The first-order chi connectivity index (χ1) is 13.7. The molecular formula is C20H14ClN3O3S. The number of nitriles is 1. The quantitative estimate of drug-likeness (QED) is 0.613. The maximum Gasteiger partial charge on any atom is 0.281 e. The Bertz CT molecular complexity index is 1060. The summed E-state index contributed by atoms with van der Waals surface area (Å²) in [6, 6.07) is 13.9. The molecule has 0 spiro atoms. The Morgan fingerprint density at radius 1 is 1.39 bits per heavy atom. The van der Waals surface area contributed by atoms with Gasteiger partial charge in [0.1, 0.15) is 17.6 Å². The molecule has 1 aliphatic rings. The minimum atomic E-state index is -0.320. The number of hydrogen-bond acceptors (Lipinski definition) is 6. The monoisotopic (exact) mass is 411 g/mol. The van der Waals surface area contributed by atoms with Crippen molar-refractivity contribution in [3.05, 3.63) is 75.3 Å². The zero-order valence-electron chi connectivity index (χ0n) is 14.5. The highest BCUT2D eigenvalue weighted by atomic mass is 35.5. The van der Waals surface area contributed by atoms with Crippen LogP contribution < -0.4 is 4.74 Å². The lowest BCUT2D eigenvalue weighted by Crippen LogP contribution is -2.31. The largest absolute Gasteiger partial charge is 0.482 e. The van der Waals surface area contributed by atoms with E-state index >= 15 is 0 Å². The van der Waals surface area contributed by atoms with E-state index in [1.54, 1.807) is 35.8 Å². The van der Waals surface area contributed by atoms with E-state index in [4.69, 9.17) is 26.0 Å². The normalized spacial score (nSPS) is 15.9. The van der Waals surface area contributed by atoms with Crippen LogP contribution in [-0.4, -0.2) is 23.2 Å². The van der Waals surface area contributed by atoms with Gasteiger partial charge in [-0.15, -0.1) is 11.3 Å². The Morgan fingerprint density at radius 2 is 2.29 bits per heavy atom. The summed E-state index contributed by atoms with van der Waals surface area (Å²) in [6.45, 7) is -0.232. The first kappa shape index (κ1) is 18.3. The molecule has 8 heteroatoms. The average molecular weight is 412 g/mol. The van der Waals surface area contributed by atoms with Crippen molar-refractivity contribution in [2.45, 2.75) is 12.5 Å². The number of nitrogens with zero attached hydrogens (tertiary/aromatic N) is 3. The van der Waals surface area contributed by atoms with E-state index in [1.165, 1.54) is 11.1 Å². The molecule has 4 rings (SSSR count). The summed E-state index contributed by atoms with van der Waals surface area (Å²) in [5, 5.41) is 17.1. The molecule has 3 heterocycles. The number of halogens is 1. The third kappa shape index (κ3) is 3.65. The number of benzene rings is 1. The Hall–Kier alpha value is -3.08. The minimum absolute atomic E-state index is 0.232. The molecule has 1 aromatic carbocycles. The van der Waals surface area contributed by atoms with Crippen molar-refractivity contribution in [3.63, 3.8) is 0 Å². The van der Waals surface area contributed by atoms with Gasteiger partial charge in [0.05, 0.1) is 33.5 Å². The summed E-state index contributed by atoms with van der Waals surface area (Å²) in [5.41, 5.74) is 1.26. The molecule has 0 aliphatic carbocycles. The number of carbonyl (C=O) groups excluding carboxylic acids is 1. The summed E-state index contributed by atoms with van der Waals surface area (Å²) in [5.74, 6) is 0.693. The fourth-order valence-electron chi connectivity index (χ4n) is 2.93. The van der Waals surface area contributed by atoms with E-state index in [2.05, 4.69) is 5.10 Å². The minimum Gasteiger partial charge on any atom is -0.482 e. The lowest BCUT2D eigenvalue weighted by Gasteiger charge is -2.20. The van der Waals surface area contributed by atoms with Crippen LogP contribution in [0, 0.1) is 11.3 Å². The highest BCUT2D eigenvalue weighted by Gasteiger charge is 2.35. The molecule has 1 amide bonds. The van der Waals surface area contributed by atoms with Crippen LogP contribution in [0.1, 0.15) is 28.7 Å². The number of amides is 1. The molecule has 1 aliphatic heterocycles. The van der Waals surface area contributed by atoms with Crippen LogP contribution in [0.5, 0.6) is 5.75 Å². The fraction of sp³-hybridized carbons (Fsp3) is 0.150. The van der Waals surface area contributed by atoms with Gasteiger partial charge in [-0.3, -0.25) is 4.79 Å². The molecule has 0 saturated heterocycles. The molecule has 28 heavy (non-hydrogen) atoms. The van der Waals surface area contributed by atoms with Gasteiger partial charge in [-0.25, -0.2) is 5.01 Å². The summed E-state index contributed by atoms with van der Waals surface area (Å²) >= 11 is 7.68. The van der Waals surface area contributed by atoms with E-state index in [9.17, 15) is 4.79 Å². The van der Waals surface area contributed by atoms with Crippen molar-refractivity contribution in [1.82, 2.24) is 5.01 Å². The lowest BCUT2D eigenvalue weighted by atomic mass is 10.1. The van der Waals surface area contributed by atoms with Gasteiger partial charge >= 0.3 is 0 Å². The molecule has 6 nitrogen and oxygen atoms in total. The summed E-state index contributed by atoms with van der Waals surface area (Å²) < 4.78 is 11.1. The third-order valence-electron chi connectivity index (χ3n) is 4.26. The van der Waals surface area contributed by atoms with Crippen molar-refractivity contribution >= 4 is 34.6 Å². The van der Waals surface area contributed by atoms with Gasteiger partial charge < -0.3 is 9.15 Å². The number of ether oxygens (including phenoxy) is 1. The van der Waals surface area contributed by atoms with Gasteiger partial charge in [0.2, 0.25) is 0 Å². The number of carbonyl (C=O) groups is 1. The van der Waals surface area contributed by atoms with E-state index in [0.717, 1.165) is 10.6 Å². The number of rotatable bonds is 5. The zero-order chi connectivity index (χ0) is 19.5. The number of furan rings is 1. The van der Waals surface area contributed by atoms with Crippen molar-refractivity contribution in [1.29, 1.82) is 5.26 Å². The molecule has 1 atom stereocenters. The molecule has 0 bridgehead atoms. The molecule has 0 saturated carbocycles. The lowest BCUT2D eigenvalue weighted by molar-refractivity contribution is -0.135. The molecular weight excluding hydrogens is 398 g/mol. The zero-order valence-corrected chi connectivity index (χ0v) is 16.1. The van der Waals surface area contributed by atoms with E-state index in [-0.39, 0.29) is 23.6 Å². The van der Waals surface area contributed by atoms with E-state index < -0.39 is 0 Å². The second-order valence-corrected chi connectivity index (χ2v) is 7.40. The first-order valence-electron chi connectivity index (χ1n) is 8.45. The van der Waals surface area contributed by atoms with E-state index in [0.29, 0.717) is 23.5 Å². The van der Waals surface area contributed by atoms with Crippen molar-refractivity contribution < 1.29 is 13.9 Å². The van der Waals surface area contributed by atoms with Crippen LogP contribution in [0.25, 0.3) is 0 Å². The second kappa shape index (κ2) is 7.89. The van der Waals surface area contributed by atoms with Crippen LogP contribution in [0.3, 0.4) is 0 Å². The first-order valence-corrected chi connectivity index (χ1v) is 9.70. The highest BCUT2D eigenvalue weighted by molar-refractivity contribution is 7.12. The Balaban J connectivity index is 1.53. The Morgan fingerprint density at radius 3 is 2.96 bits per heavy atom. The predicted molar refractivity (Wildman–Crippen MR) is 105 cm³/mol.